The molecule has 1 aromatic carbocycles. The number of aliphatic imine (C=N–C) groups is 1. The van der Waals surface area contributed by atoms with E-state index in [0.29, 0.717) is 12.5 Å². The Labute approximate surface area is 146 Å². The minimum absolute atomic E-state index is 0. The zero-order valence-corrected chi connectivity index (χ0v) is 15.8. The first-order valence-corrected chi connectivity index (χ1v) is 7.23. The number of benzene rings is 1. The Kier molecular flexibility index (Phi) is 11.1. The molecule has 0 fully saturated rings. The van der Waals surface area contributed by atoms with E-state index in [9.17, 15) is 0 Å². The predicted octanol–water partition coefficient (Wildman–Crippen LogP) is 3.24. The number of ether oxygens (including phenoxy) is 1. The lowest BCUT2D eigenvalue weighted by Crippen LogP contribution is -2.41. The van der Waals surface area contributed by atoms with Gasteiger partial charge < -0.3 is 15.0 Å². The summed E-state index contributed by atoms with van der Waals surface area (Å²) in [5.41, 5.74) is 0. The summed E-state index contributed by atoms with van der Waals surface area (Å²) < 4.78 is 5.69. The van der Waals surface area contributed by atoms with E-state index in [1.807, 2.05) is 44.4 Å². The molecular weight excluding hydrogens is 377 g/mol. The van der Waals surface area contributed by atoms with E-state index >= 15 is 0 Å². The van der Waals surface area contributed by atoms with Crippen molar-refractivity contribution in [2.75, 3.05) is 33.8 Å². The summed E-state index contributed by atoms with van der Waals surface area (Å²) in [6.45, 7) is 6.85. The lowest BCUT2D eigenvalue weighted by molar-refractivity contribution is 0.281. The number of rotatable bonds is 7. The molecule has 0 aromatic heterocycles. The maximum Gasteiger partial charge on any atom is 0.193 e. The van der Waals surface area contributed by atoms with Crippen LogP contribution in [0.5, 0.6) is 5.75 Å². The first-order chi connectivity index (χ1) is 9.63. The second-order valence-electron chi connectivity index (χ2n) is 5.24. The van der Waals surface area contributed by atoms with Crippen molar-refractivity contribution in [2.24, 2.45) is 10.9 Å². The molecule has 0 aliphatic carbocycles. The van der Waals surface area contributed by atoms with E-state index in [0.717, 1.165) is 31.2 Å². The first-order valence-electron chi connectivity index (χ1n) is 7.23. The molecule has 5 heteroatoms. The normalized spacial score (nSPS) is 11.0. The number of guanidine groups is 1. The zero-order chi connectivity index (χ0) is 14.8. The molecule has 0 saturated carbocycles. The van der Waals surface area contributed by atoms with Crippen molar-refractivity contribution in [3.63, 3.8) is 0 Å². The molecule has 1 aromatic rings. The number of likely N-dealkylation sites (N-methyl/N-ethyl adjacent to an activating group) is 1. The lowest BCUT2D eigenvalue weighted by atomic mass is 10.1. The average Bonchev–Trinajstić information content (AvgIpc) is 2.44. The van der Waals surface area contributed by atoms with Crippen LogP contribution in [0.3, 0.4) is 0 Å². The van der Waals surface area contributed by atoms with Crippen LogP contribution < -0.4 is 10.1 Å². The van der Waals surface area contributed by atoms with Gasteiger partial charge in [-0.05, 0) is 24.5 Å². The Balaban J connectivity index is 0.00000400. The van der Waals surface area contributed by atoms with Gasteiger partial charge in [0.15, 0.2) is 5.96 Å². The van der Waals surface area contributed by atoms with E-state index in [1.54, 1.807) is 0 Å². The Hall–Kier alpha value is -0.980. The van der Waals surface area contributed by atoms with Gasteiger partial charge >= 0.3 is 0 Å². The van der Waals surface area contributed by atoms with Gasteiger partial charge in [-0.2, -0.15) is 0 Å². The smallest absolute Gasteiger partial charge is 0.193 e. The molecular formula is C16H28IN3O. The van der Waals surface area contributed by atoms with Crippen molar-refractivity contribution >= 4 is 29.9 Å². The van der Waals surface area contributed by atoms with Crippen LogP contribution in [0, 0.1) is 5.92 Å². The van der Waals surface area contributed by atoms with Crippen molar-refractivity contribution in [3.8, 4) is 5.75 Å². The number of halogens is 1. The molecule has 0 aliphatic heterocycles. The van der Waals surface area contributed by atoms with Crippen LogP contribution in [0.2, 0.25) is 0 Å². The van der Waals surface area contributed by atoms with Gasteiger partial charge in [0.05, 0.1) is 6.54 Å². The fourth-order valence-corrected chi connectivity index (χ4v) is 1.78. The Morgan fingerprint density at radius 3 is 2.52 bits per heavy atom. The number of para-hydroxylation sites is 1. The molecule has 0 spiro atoms. The van der Waals surface area contributed by atoms with Crippen LogP contribution in [-0.4, -0.2) is 44.7 Å². The van der Waals surface area contributed by atoms with Gasteiger partial charge in [-0.1, -0.05) is 32.0 Å². The lowest BCUT2D eigenvalue weighted by Gasteiger charge is -2.22. The molecule has 0 saturated heterocycles. The van der Waals surface area contributed by atoms with Crippen LogP contribution in [0.4, 0.5) is 0 Å². The Bertz CT molecular complexity index is 396. The van der Waals surface area contributed by atoms with Gasteiger partial charge in [-0.3, -0.25) is 4.99 Å². The van der Waals surface area contributed by atoms with Crippen LogP contribution >= 0.6 is 24.0 Å². The third-order valence-corrected chi connectivity index (χ3v) is 3.02. The maximum atomic E-state index is 5.69. The second-order valence-corrected chi connectivity index (χ2v) is 5.24. The highest BCUT2D eigenvalue weighted by Gasteiger charge is 2.05. The molecule has 1 rings (SSSR count). The van der Waals surface area contributed by atoms with Crippen molar-refractivity contribution in [1.29, 1.82) is 0 Å². The molecule has 1 N–H and O–H groups in total. The molecule has 0 heterocycles. The molecule has 120 valence electrons. The summed E-state index contributed by atoms with van der Waals surface area (Å²) in [5, 5.41) is 3.37. The highest BCUT2D eigenvalue weighted by atomic mass is 127. The minimum atomic E-state index is 0. The summed E-state index contributed by atoms with van der Waals surface area (Å²) in [6, 6.07) is 9.88. The molecule has 0 amide bonds. The van der Waals surface area contributed by atoms with Crippen LogP contribution in [0.15, 0.2) is 35.3 Å². The van der Waals surface area contributed by atoms with Gasteiger partial charge in [0.1, 0.15) is 12.4 Å². The predicted molar refractivity (Wildman–Crippen MR) is 101 cm³/mol. The second kappa shape index (κ2) is 11.7. The topological polar surface area (TPSA) is 36.9 Å². The zero-order valence-electron chi connectivity index (χ0n) is 13.5. The molecule has 21 heavy (non-hydrogen) atoms. The molecule has 0 unspecified atom stereocenters. The molecule has 0 radical (unpaired) electrons. The first kappa shape index (κ1) is 20.0. The minimum Gasteiger partial charge on any atom is -0.492 e. The fraction of sp³-hybridized carbons (Fsp3) is 0.562. The number of hydrogen-bond donors (Lipinski definition) is 1. The third kappa shape index (κ3) is 8.80. The van der Waals surface area contributed by atoms with E-state index in [1.165, 1.54) is 0 Å². The SMILES string of the molecule is CN=C(NCCC(C)C)N(C)CCOc1ccccc1.I. The summed E-state index contributed by atoms with van der Waals surface area (Å²) in [5.74, 6) is 2.53. The summed E-state index contributed by atoms with van der Waals surface area (Å²) >= 11 is 0. The highest BCUT2D eigenvalue weighted by molar-refractivity contribution is 14.0. The molecule has 0 aliphatic rings. The highest BCUT2D eigenvalue weighted by Crippen LogP contribution is 2.07. The van der Waals surface area contributed by atoms with Crippen LogP contribution in [-0.2, 0) is 0 Å². The quantitative estimate of drug-likeness (QED) is 0.430. The Morgan fingerprint density at radius 1 is 1.29 bits per heavy atom. The van der Waals surface area contributed by atoms with E-state index in [-0.39, 0.29) is 24.0 Å². The van der Waals surface area contributed by atoms with Crippen molar-refractivity contribution in [3.05, 3.63) is 30.3 Å². The van der Waals surface area contributed by atoms with Crippen LogP contribution in [0.1, 0.15) is 20.3 Å². The molecule has 0 atom stereocenters. The van der Waals surface area contributed by atoms with Gasteiger partial charge in [0.25, 0.3) is 0 Å². The largest absolute Gasteiger partial charge is 0.492 e. The monoisotopic (exact) mass is 405 g/mol. The number of hydrogen-bond acceptors (Lipinski definition) is 2. The van der Waals surface area contributed by atoms with Gasteiger partial charge in [-0.25, -0.2) is 0 Å². The Morgan fingerprint density at radius 2 is 1.95 bits per heavy atom. The van der Waals surface area contributed by atoms with Gasteiger partial charge in [0.2, 0.25) is 0 Å². The average molecular weight is 405 g/mol. The summed E-state index contributed by atoms with van der Waals surface area (Å²) in [7, 11) is 3.84. The third-order valence-electron chi connectivity index (χ3n) is 3.02. The van der Waals surface area contributed by atoms with Gasteiger partial charge in [-0.15, -0.1) is 24.0 Å². The number of nitrogens with one attached hydrogen (secondary N) is 1. The molecule has 4 nitrogen and oxygen atoms in total. The fourth-order valence-electron chi connectivity index (χ4n) is 1.78. The maximum absolute atomic E-state index is 5.69. The van der Waals surface area contributed by atoms with Crippen LogP contribution in [0.25, 0.3) is 0 Å². The number of nitrogens with zero attached hydrogens (tertiary/aromatic N) is 2. The van der Waals surface area contributed by atoms with E-state index < -0.39 is 0 Å². The van der Waals surface area contributed by atoms with Gasteiger partial charge in [0, 0.05) is 20.6 Å². The van der Waals surface area contributed by atoms with E-state index in [4.69, 9.17) is 4.74 Å². The van der Waals surface area contributed by atoms with E-state index in [2.05, 4.69) is 29.1 Å². The standard InChI is InChI=1S/C16H27N3O.HI/c1-14(2)10-11-18-16(17-3)19(4)12-13-20-15-8-6-5-7-9-15;/h5-9,14H,10-13H2,1-4H3,(H,17,18);1H. The summed E-state index contributed by atoms with van der Waals surface area (Å²) in [6.07, 6.45) is 1.15. The van der Waals surface area contributed by atoms with Crippen molar-refractivity contribution in [2.45, 2.75) is 20.3 Å². The molecule has 0 bridgehead atoms. The van der Waals surface area contributed by atoms with Crippen molar-refractivity contribution in [1.82, 2.24) is 10.2 Å². The van der Waals surface area contributed by atoms with Crippen molar-refractivity contribution < 1.29 is 4.74 Å². The summed E-state index contributed by atoms with van der Waals surface area (Å²) in [4.78, 5) is 6.37.